The van der Waals surface area contributed by atoms with Crippen molar-refractivity contribution in [1.82, 2.24) is 20.2 Å². The van der Waals surface area contributed by atoms with Crippen molar-refractivity contribution in [3.63, 3.8) is 0 Å². The monoisotopic (exact) mass is 440 g/mol. The van der Waals surface area contributed by atoms with Gasteiger partial charge in [-0.05, 0) is 30.3 Å². The molecule has 4 aromatic rings. The summed E-state index contributed by atoms with van der Waals surface area (Å²) in [5.74, 6) is 0.923. The van der Waals surface area contributed by atoms with Crippen molar-refractivity contribution in [1.29, 1.82) is 0 Å². The maximum absolute atomic E-state index is 13.2. The van der Waals surface area contributed by atoms with Crippen LogP contribution in [-0.2, 0) is 10.9 Å². The molecule has 3 heterocycles. The van der Waals surface area contributed by atoms with Gasteiger partial charge in [0, 0.05) is 35.8 Å². The first-order valence-corrected chi connectivity index (χ1v) is 10.1. The number of alkyl halides is 3. The molecular formula is C22H19F3N6O. The molecule has 0 saturated carbocycles. The van der Waals surface area contributed by atoms with Gasteiger partial charge in [0.1, 0.15) is 5.82 Å². The molecule has 164 valence electrons. The molecule has 32 heavy (non-hydrogen) atoms. The molecule has 0 spiro atoms. The fourth-order valence-corrected chi connectivity index (χ4v) is 3.57. The molecule has 7 nitrogen and oxygen atoms in total. The zero-order valence-corrected chi connectivity index (χ0v) is 16.9. The molecule has 1 aliphatic heterocycles. The Balaban J connectivity index is 1.55. The van der Waals surface area contributed by atoms with E-state index in [2.05, 4.69) is 25.5 Å². The van der Waals surface area contributed by atoms with Gasteiger partial charge in [-0.15, -0.1) is 0 Å². The number of anilines is 3. The summed E-state index contributed by atoms with van der Waals surface area (Å²) in [5.41, 5.74) is 1.73. The molecule has 10 heteroatoms. The second-order valence-corrected chi connectivity index (χ2v) is 7.41. The number of H-pyrrole nitrogens is 1. The summed E-state index contributed by atoms with van der Waals surface area (Å²) in [6, 6.07) is 12.5. The van der Waals surface area contributed by atoms with Gasteiger partial charge in [0.15, 0.2) is 0 Å². The van der Waals surface area contributed by atoms with Crippen molar-refractivity contribution < 1.29 is 17.9 Å². The average molecular weight is 440 g/mol. The van der Waals surface area contributed by atoms with Crippen LogP contribution in [0.3, 0.4) is 0 Å². The molecule has 2 N–H and O–H groups in total. The molecule has 0 amide bonds. The van der Waals surface area contributed by atoms with Crippen LogP contribution in [0.4, 0.5) is 30.6 Å². The van der Waals surface area contributed by atoms with Crippen LogP contribution >= 0.6 is 0 Å². The lowest BCUT2D eigenvalue weighted by atomic mass is 10.1. The zero-order chi connectivity index (χ0) is 22.1. The highest BCUT2D eigenvalue weighted by Gasteiger charge is 2.30. The molecule has 5 rings (SSSR count). The van der Waals surface area contributed by atoms with Gasteiger partial charge in [0.25, 0.3) is 0 Å². The van der Waals surface area contributed by atoms with Crippen LogP contribution in [0.5, 0.6) is 0 Å². The maximum atomic E-state index is 13.2. The van der Waals surface area contributed by atoms with E-state index >= 15 is 0 Å². The molecule has 0 atom stereocenters. The Morgan fingerprint density at radius 2 is 1.84 bits per heavy atom. The van der Waals surface area contributed by atoms with Crippen molar-refractivity contribution in [3.05, 3.63) is 60.3 Å². The highest BCUT2D eigenvalue weighted by Crippen LogP contribution is 2.33. The van der Waals surface area contributed by atoms with Crippen LogP contribution in [0.1, 0.15) is 5.56 Å². The van der Waals surface area contributed by atoms with Gasteiger partial charge in [-0.25, -0.2) is 4.98 Å². The molecule has 1 aliphatic rings. The number of aromatic nitrogens is 4. The van der Waals surface area contributed by atoms with Gasteiger partial charge in [-0.3, -0.25) is 5.10 Å². The summed E-state index contributed by atoms with van der Waals surface area (Å²) in [6.07, 6.45) is -2.72. The first-order chi connectivity index (χ1) is 15.5. The highest BCUT2D eigenvalue weighted by molar-refractivity contribution is 5.83. The van der Waals surface area contributed by atoms with Crippen molar-refractivity contribution in [3.8, 4) is 11.3 Å². The summed E-state index contributed by atoms with van der Waals surface area (Å²) in [6.45, 7) is 2.28. The predicted octanol–water partition coefficient (Wildman–Crippen LogP) is 4.62. The number of nitrogens with zero attached hydrogens (tertiary/aromatic N) is 4. The van der Waals surface area contributed by atoms with Gasteiger partial charge < -0.3 is 15.0 Å². The summed E-state index contributed by atoms with van der Waals surface area (Å²) < 4.78 is 45.1. The molecule has 0 aliphatic carbocycles. The lowest BCUT2D eigenvalue weighted by Gasteiger charge is -2.27. The molecule has 0 unspecified atom stereocenters. The number of hydrogen-bond donors (Lipinski definition) is 2. The Labute approximate surface area is 181 Å². The van der Waals surface area contributed by atoms with Crippen molar-refractivity contribution >= 4 is 28.4 Å². The Morgan fingerprint density at radius 3 is 2.66 bits per heavy atom. The van der Waals surface area contributed by atoms with Crippen LogP contribution in [0.15, 0.2) is 54.7 Å². The first kappa shape index (κ1) is 20.3. The number of benzene rings is 2. The molecule has 0 bridgehead atoms. The van der Waals surface area contributed by atoms with Crippen molar-refractivity contribution in [2.75, 3.05) is 36.5 Å². The van der Waals surface area contributed by atoms with Crippen LogP contribution in [0.2, 0.25) is 0 Å². The first-order valence-electron chi connectivity index (χ1n) is 10.1. The molecule has 1 saturated heterocycles. The second kappa shape index (κ2) is 8.12. The summed E-state index contributed by atoms with van der Waals surface area (Å²) in [4.78, 5) is 11.2. The van der Waals surface area contributed by atoms with E-state index in [1.807, 2.05) is 23.1 Å². The zero-order valence-electron chi connectivity index (χ0n) is 16.9. The number of fused-ring (bicyclic) bond motifs is 1. The van der Waals surface area contributed by atoms with Gasteiger partial charge in [-0.2, -0.15) is 23.3 Å². The van der Waals surface area contributed by atoms with E-state index in [0.717, 1.165) is 28.7 Å². The Bertz CT molecular complexity index is 1250. The molecule has 2 aromatic heterocycles. The van der Waals surface area contributed by atoms with E-state index in [9.17, 15) is 13.2 Å². The van der Waals surface area contributed by atoms with Crippen molar-refractivity contribution in [2.24, 2.45) is 0 Å². The predicted molar refractivity (Wildman–Crippen MR) is 115 cm³/mol. The summed E-state index contributed by atoms with van der Waals surface area (Å²) >= 11 is 0. The quantitative estimate of drug-likeness (QED) is 0.482. The number of hydrogen-bond acceptors (Lipinski definition) is 6. The van der Waals surface area contributed by atoms with Gasteiger partial charge in [0.05, 0.1) is 36.2 Å². The van der Waals surface area contributed by atoms with E-state index in [-0.39, 0.29) is 0 Å². The minimum absolute atomic E-state index is 0.366. The van der Waals surface area contributed by atoms with E-state index in [1.54, 1.807) is 18.3 Å². The number of morpholine rings is 1. The number of halogens is 3. The lowest BCUT2D eigenvalue weighted by Crippen LogP contribution is -2.37. The smallest absolute Gasteiger partial charge is 0.378 e. The third kappa shape index (κ3) is 4.22. The van der Waals surface area contributed by atoms with Gasteiger partial charge >= 0.3 is 6.18 Å². The van der Waals surface area contributed by atoms with E-state index < -0.39 is 11.7 Å². The Kier molecular flexibility index (Phi) is 5.14. The van der Waals surface area contributed by atoms with E-state index in [4.69, 9.17) is 4.74 Å². The minimum Gasteiger partial charge on any atom is -0.378 e. The number of rotatable bonds is 4. The lowest BCUT2D eigenvalue weighted by molar-refractivity contribution is -0.137. The molecular weight excluding hydrogens is 421 g/mol. The number of aromatic amines is 1. The Hall–Kier alpha value is -3.66. The second-order valence-electron chi connectivity index (χ2n) is 7.41. The standard InChI is InChI=1S/C22H19F3N6O/c23-22(24,25)16-3-1-2-14(10-16)19-12-20(29-21(28-19)31-6-8-32-9-7-31)27-17-4-5-18-15(11-17)13-26-30-18/h1-5,10-13H,6-9H2,(H,26,30)(H,27,28,29). The normalized spacial score (nSPS) is 14.7. The largest absolute Gasteiger partial charge is 0.416 e. The summed E-state index contributed by atoms with van der Waals surface area (Å²) in [7, 11) is 0. The third-order valence-electron chi connectivity index (χ3n) is 5.21. The fourth-order valence-electron chi connectivity index (χ4n) is 3.57. The fraction of sp³-hybridized carbons (Fsp3) is 0.227. The van der Waals surface area contributed by atoms with Crippen LogP contribution < -0.4 is 10.2 Å². The number of nitrogens with one attached hydrogen (secondary N) is 2. The molecule has 1 fully saturated rings. The van der Waals surface area contributed by atoms with E-state index in [1.165, 1.54) is 6.07 Å². The number of ether oxygens (including phenoxy) is 1. The molecule has 2 aromatic carbocycles. The van der Waals surface area contributed by atoms with Crippen LogP contribution in [-0.4, -0.2) is 46.5 Å². The van der Waals surface area contributed by atoms with Crippen LogP contribution in [0.25, 0.3) is 22.2 Å². The molecule has 0 radical (unpaired) electrons. The van der Waals surface area contributed by atoms with Gasteiger partial charge in [0.2, 0.25) is 5.95 Å². The summed E-state index contributed by atoms with van der Waals surface area (Å²) in [5, 5.41) is 11.1. The topological polar surface area (TPSA) is 79.0 Å². The Morgan fingerprint density at radius 1 is 1.00 bits per heavy atom. The van der Waals surface area contributed by atoms with Crippen LogP contribution in [0, 0.1) is 0 Å². The maximum Gasteiger partial charge on any atom is 0.416 e. The minimum atomic E-state index is -4.43. The van der Waals surface area contributed by atoms with Gasteiger partial charge in [-0.1, -0.05) is 12.1 Å². The van der Waals surface area contributed by atoms with E-state index in [0.29, 0.717) is 49.3 Å². The third-order valence-corrected chi connectivity index (χ3v) is 5.21. The average Bonchev–Trinajstić information content (AvgIpc) is 3.27. The van der Waals surface area contributed by atoms with Crippen molar-refractivity contribution in [2.45, 2.75) is 6.18 Å². The SMILES string of the molecule is FC(F)(F)c1cccc(-c2cc(Nc3ccc4[nH]ncc4c3)nc(N3CCOCC3)n2)c1. The highest BCUT2D eigenvalue weighted by atomic mass is 19.4.